The van der Waals surface area contributed by atoms with Crippen LogP contribution in [0.3, 0.4) is 0 Å². The van der Waals surface area contributed by atoms with E-state index in [1.165, 1.54) is 0 Å². The van der Waals surface area contributed by atoms with Gasteiger partial charge in [-0.3, -0.25) is 0 Å². The Hall–Kier alpha value is -1.71. The molecule has 4 nitrogen and oxygen atoms in total. The molecular weight excluding hydrogens is 240 g/mol. The molecule has 1 unspecified atom stereocenters. The van der Waals surface area contributed by atoms with Gasteiger partial charge in [-0.05, 0) is 44.9 Å². The summed E-state index contributed by atoms with van der Waals surface area (Å²) in [7, 11) is 0. The molecule has 1 aromatic rings. The molecule has 0 saturated heterocycles. The highest BCUT2D eigenvalue weighted by Gasteiger charge is 2.17. The maximum Gasteiger partial charge on any atom is 0.407 e. The Kier molecular flexibility index (Phi) is 5.21. The van der Waals surface area contributed by atoms with Crippen molar-refractivity contribution in [1.29, 1.82) is 0 Å². The van der Waals surface area contributed by atoms with Gasteiger partial charge >= 0.3 is 6.09 Å². The second-order valence-corrected chi connectivity index (χ2v) is 5.66. The van der Waals surface area contributed by atoms with E-state index in [0.29, 0.717) is 6.54 Å². The normalized spacial score (nSPS) is 12.8. The summed E-state index contributed by atoms with van der Waals surface area (Å²) in [6.45, 7) is 8.19. The van der Waals surface area contributed by atoms with E-state index >= 15 is 0 Å². The maximum absolute atomic E-state index is 11.6. The number of nitrogens with one attached hydrogen (secondary N) is 1. The van der Waals surface area contributed by atoms with Crippen molar-refractivity contribution >= 4 is 11.8 Å². The number of nitrogen functional groups attached to an aromatic ring is 1. The first kappa shape index (κ1) is 15.3. The van der Waals surface area contributed by atoms with Crippen LogP contribution in [-0.2, 0) is 4.74 Å². The highest BCUT2D eigenvalue weighted by Crippen LogP contribution is 2.20. The summed E-state index contributed by atoms with van der Waals surface area (Å²) in [5.41, 5.74) is 7.19. The second-order valence-electron chi connectivity index (χ2n) is 5.66. The number of benzene rings is 1. The minimum absolute atomic E-state index is 0.246. The molecule has 0 aromatic heterocycles. The predicted molar refractivity (Wildman–Crippen MR) is 78.1 cm³/mol. The smallest absolute Gasteiger partial charge is 0.407 e. The van der Waals surface area contributed by atoms with E-state index < -0.39 is 5.60 Å². The van der Waals surface area contributed by atoms with Crippen LogP contribution in [0.1, 0.15) is 45.6 Å². The van der Waals surface area contributed by atoms with Gasteiger partial charge in [0.15, 0.2) is 0 Å². The Labute approximate surface area is 115 Å². The molecule has 0 aliphatic rings. The fourth-order valence-electron chi connectivity index (χ4n) is 1.83. The first-order chi connectivity index (χ1) is 8.81. The SMILES string of the molecule is CCC(CNC(=O)OC(C)(C)C)c1cccc(N)c1. The first-order valence-electron chi connectivity index (χ1n) is 6.64. The molecule has 19 heavy (non-hydrogen) atoms. The van der Waals surface area contributed by atoms with Crippen LogP contribution in [0, 0.1) is 0 Å². The maximum atomic E-state index is 11.6. The lowest BCUT2D eigenvalue weighted by atomic mass is 9.96. The van der Waals surface area contributed by atoms with E-state index in [1.807, 2.05) is 45.0 Å². The number of ether oxygens (including phenoxy) is 1. The van der Waals surface area contributed by atoms with Gasteiger partial charge in [-0.1, -0.05) is 19.1 Å². The predicted octanol–water partition coefficient (Wildman–Crippen LogP) is 3.29. The fourth-order valence-corrected chi connectivity index (χ4v) is 1.83. The number of anilines is 1. The van der Waals surface area contributed by atoms with Crippen molar-refractivity contribution < 1.29 is 9.53 Å². The first-order valence-corrected chi connectivity index (χ1v) is 6.64. The number of carbonyl (C=O) groups excluding carboxylic acids is 1. The molecule has 1 rings (SSSR count). The molecule has 0 bridgehead atoms. The van der Waals surface area contributed by atoms with Crippen molar-refractivity contribution in [1.82, 2.24) is 5.32 Å². The lowest BCUT2D eigenvalue weighted by Crippen LogP contribution is -2.34. The topological polar surface area (TPSA) is 64.3 Å². The zero-order valence-electron chi connectivity index (χ0n) is 12.2. The molecule has 4 heteroatoms. The van der Waals surface area contributed by atoms with E-state index in [9.17, 15) is 4.79 Å². The Bertz CT molecular complexity index is 424. The Morgan fingerprint density at radius 3 is 2.63 bits per heavy atom. The molecule has 1 aromatic carbocycles. The van der Waals surface area contributed by atoms with Gasteiger partial charge in [-0.15, -0.1) is 0 Å². The van der Waals surface area contributed by atoms with Crippen molar-refractivity contribution in [2.45, 2.75) is 45.6 Å². The summed E-state index contributed by atoms with van der Waals surface area (Å²) < 4.78 is 5.22. The molecule has 0 heterocycles. The van der Waals surface area contributed by atoms with E-state index in [1.54, 1.807) is 0 Å². The number of alkyl carbamates (subject to hydrolysis) is 1. The van der Waals surface area contributed by atoms with Crippen LogP contribution in [0.15, 0.2) is 24.3 Å². The van der Waals surface area contributed by atoms with Crippen LogP contribution in [0.4, 0.5) is 10.5 Å². The van der Waals surface area contributed by atoms with Crippen molar-refractivity contribution in [3.8, 4) is 0 Å². The average molecular weight is 264 g/mol. The molecular formula is C15H24N2O2. The van der Waals surface area contributed by atoms with Crippen molar-refractivity contribution in [2.24, 2.45) is 0 Å². The third kappa shape index (κ3) is 5.64. The lowest BCUT2D eigenvalue weighted by Gasteiger charge is -2.21. The Balaban J connectivity index is 2.56. The molecule has 3 N–H and O–H groups in total. The van der Waals surface area contributed by atoms with Gasteiger partial charge in [0.1, 0.15) is 5.60 Å². The van der Waals surface area contributed by atoms with Crippen molar-refractivity contribution in [3.63, 3.8) is 0 Å². The molecule has 0 aliphatic heterocycles. The molecule has 106 valence electrons. The molecule has 1 atom stereocenters. The van der Waals surface area contributed by atoms with Crippen LogP contribution in [-0.4, -0.2) is 18.2 Å². The Morgan fingerprint density at radius 1 is 1.42 bits per heavy atom. The van der Waals surface area contributed by atoms with Gasteiger partial charge in [-0.25, -0.2) is 4.79 Å². The molecule has 1 amide bonds. The average Bonchev–Trinajstić information content (AvgIpc) is 2.27. The van der Waals surface area contributed by atoms with Crippen LogP contribution in [0.25, 0.3) is 0 Å². The van der Waals surface area contributed by atoms with Crippen LogP contribution in [0.5, 0.6) is 0 Å². The van der Waals surface area contributed by atoms with Crippen LogP contribution >= 0.6 is 0 Å². The van der Waals surface area contributed by atoms with Crippen LogP contribution < -0.4 is 11.1 Å². The molecule has 0 aliphatic carbocycles. The van der Waals surface area contributed by atoms with Crippen LogP contribution in [0.2, 0.25) is 0 Å². The summed E-state index contributed by atoms with van der Waals surface area (Å²) in [4.78, 5) is 11.6. The van der Waals surface area contributed by atoms with Crippen molar-refractivity contribution in [3.05, 3.63) is 29.8 Å². The van der Waals surface area contributed by atoms with Gasteiger partial charge in [0, 0.05) is 18.2 Å². The number of rotatable bonds is 4. The summed E-state index contributed by atoms with van der Waals surface area (Å²) in [6, 6.07) is 7.77. The molecule has 0 saturated carbocycles. The summed E-state index contributed by atoms with van der Waals surface area (Å²) in [5.74, 6) is 0.246. The minimum atomic E-state index is -0.469. The summed E-state index contributed by atoms with van der Waals surface area (Å²) in [5, 5.41) is 2.81. The van der Waals surface area contributed by atoms with Gasteiger partial charge in [0.25, 0.3) is 0 Å². The summed E-state index contributed by atoms with van der Waals surface area (Å²) >= 11 is 0. The van der Waals surface area contributed by atoms with Gasteiger partial charge in [0.05, 0.1) is 0 Å². The third-order valence-corrected chi connectivity index (χ3v) is 2.77. The van der Waals surface area contributed by atoms with Crippen molar-refractivity contribution in [2.75, 3.05) is 12.3 Å². The zero-order chi connectivity index (χ0) is 14.5. The number of hydrogen-bond donors (Lipinski definition) is 2. The fraction of sp³-hybridized carbons (Fsp3) is 0.533. The monoisotopic (exact) mass is 264 g/mol. The number of nitrogens with two attached hydrogens (primary N) is 1. The number of amides is 1. The standard InChI is InChI=1S/C15H24N2O2/c1-5-11(12-7-6-8-13(16)9-12)10-17-14(18)19-15(2,3)4/h6-9,11H,5,10,16H2,1-4H3,(H,17,18). The quantitative estimate of drug-likeness (QED) is 0.820. The number of hydrogen-bond acceptors (Lipinski definition) is 3. The largest absolute Gasteiger partial charge is 0.444 e. The Morgan fingerprint density at radius 2 is 2.11 bits per heavy atom. The van der Waals surface area contributed by atoms with E-state index in [0.717, 1.165) is 17.7 Å². The third-order valence-electron chi connectivity index (χ3n) is 2.77. The highest BCUT2D eigenvalue weighted by molar-refractivity contribution is 5.67. The summed E-state index contributed by atoms with van der Waals surface area (Å²) in [6.07, 6.45) is 0.550. The molecule has 0 radical (unpaired) electrons. The lowest BCUT2D eigenvalue weighted by molar-refractivity contribution is 0.0524. The molecule has 0 fully saturated rings. The number of carbonyl (C=O) groups is 1. The van der Waals surface area contributed by atoms with Gasteiger partial charge in [-0.2, -0.15) is 0 Å². The van der Waals surface area contributed by atoms with Gasteiger partial charge < -0.3 is 15.8 Å². The van der Waals surface area contributed by atoms with Gasteiger partial charge in [0.2, 0.25) is 0 Å². The van der Waals surface area contributed by atoms with E-state index in [-0.39, 0.29) is 12.0 Å². The zero-order valence-corrected chi connectivity index (χ0v) is 12.2. The minimum Gasteiger partial charge on any atom is -0.444 e. The van der Waals surface area contributed by atoms with E-state index in [4.69, 9.17) is 10.5 Å². The van der Waals surface area contributed by atoms with E-state index in [2.05, 4.69) is 12.2 Å². The highest BCUT2D eigenvalue weighted by atomic mass is 16.6. The molecule has 0 spiro atoms. The second kappa shape index (κ2) is 6.45.